The molecule has 0 radical (unpaired) electrons. The van der Waals surface area contributed by atoms with Crippen LogP contribution >= 0.6 is 22.7 Å². The number of nitrogens with zero attached hydrogens (tertiary/aromatic N) is 2. The molecule has 0 N–H and O–H groups in total. The first-order valence-electron chi connectivity index (χ1n) is 20.3. The van der Waals surface area contributed by atoms with Crippen molar-refractivity contribution in [2.45, 2.75) is 25.7 Å². The highest BCUT2D eigenvalue weighted by atomic mass is 32.1. The maximum Gasteiger partial charge on any atom is 0.0540 e. The number of para-hydroxylation sites is 2. The van der Waals surface area contributed by atoms with Crippen LogP contribution in [-0.2, 0) is 6.42 Å². The van der Waals surface area contributed by atoms with Gasteiger partial charge in [-0.2, -0.15) is 0 Å². The van der Waals surface area contributed by atoms with Crippen molar-refractivity contribution in [3.63, 3.8) is 0 Å². The van der Waals surface area contributed by atoms with Gasteiger partial charge in [-0.15, -0.1) is 22.7 Å². The van der Waals surface area contributed by atoms with Crippen LogP contribution in [0.5, 0.6) is 0 Å². The van der Waals surface area contributed by atoms with E-state index in [9.17, 15) is 0 Å². The van der Waals surface area contributed by atoms with E-state index in [1.807, 2.05) is 22.7 Å². The Bertz CT molecular complexity index is 3410. The predicted octanol–water partition coefficient (Wildman–Crippen LogP) is 14.5. The minimum Gasteiger partial charge on any atom is -0.314 e. The average Bonchev–Trinajstić information content (AvgIpc) is 3.87. The Kier molecular flexibility index (Phi) is 7.89. The molecular weight excluding hydrogens is 741 g/mol. The molecule has 0 spiro atoms. The Labute approximate surface area is 345 Å². The highest BCUT2D eigenvalue weighted by molar-refractivity contribution is 7.33. The third kappa shape index (κ3) is 5.29. The summed E-state index contributed by atoms with van der Waals surface area (Å²) in [6.45, 7) is 0. The predicted molar refractivity (Wildman–Crippen MR) is 253 cm³/mol. The third-order valence-electron chi connectivity index (χ3n) is 12.1. The number of rotatable bonds is 6. The van der Waals surface area contributed by atoms with Crippen molar-refractivity contribution < 1.29 is 0 Å². The van der Waals surface area contributed by atoms with E-state index in [0.29, 0.717) is 0 Å². The Morgan fingerprint density at radius 2 is 1.05 bits per heavy atom. The summed E-state index contributed by atoms with van der Waals surface area (Å²) in [6, 6.07) is 60.8. The fourth-order valence-electron chi connectivity index (χ4n) is 9.60. The van der Waals surface area contributed by atoms with Crippen molar-refractivity contribution in [1.29, 1.82) is 0 Å². The average molecular weight is 779 g/mol. The van der Waals surface area contributed by atoms with Crippen LogP contribution in [0, 0.1) is 0 Å². The van der Waals surface area contributed by atoms with E-state index in [2.05, 4.69) is 192 Å². The molecule has 12 rings (SSSR count). The van der Waals surface area contributed by atoms with Crippen LogP contribution in [-0.4, -0.2) is 0 Å². The molecule has 0 saturated carbocycles. The maximum atomic E-state index is 2.50. The van der Waals surface area contributed by atoms with Gasteiger partial charge in [-0.3, -0.25) is 0 Å². The molecule has 0 fully saturated rings. The van der Waals surface area contributed by atoms with E-state index >= 15 is 0 Å². The van der Waals surface area contributed by atoms with Gasteiger partial charge in [0, 0.05) is 70.3 Å². The molecule has 4 heteroatoms. The van der Waals surface area contributed by atoms with Crippen molar-refractivity contribution in [3.05, 3.63) is 191 Å². The molecule has 58 heavy (non-hydrogen) atoms. The lowest BCUT2D eigenvalue weighted by molar-refractivity contribution is 0.979. The van der Waals surface area contributed by atoms with Crippen molar-refractivity contribution >= 4 is 120 Å². The fourth-order valence-corrected chi connectivity index (χ4v) is 12.2. The van der Waals surface area contributed by atoms with E-state index in [1.165, 1.54) is 107 Å². The standard InChI is InChI=1S/C54H38N2S2/c1-3-19-37(20-4-1)55(47-27-13-17-35-15-7-9-23-41(35)47)39-29-31-45-49(33-39)57-53-51(45)43-25-11-12-26-44(43)52-46-32-30-40(34-50(46)58-54(52)53)56(38-21-5-2-6-22-38)48-28-14-18-36-16-8-10-24-42(36)48/h1-9,11-12,14-23,25-26,28-34H,10,13,24,27H2. The largest absolute Gasteiger partial charge is 0.314 e. The maximum absolute atomic E-state index is 2.50. The highest BCUT2D eigenvalue weighted by Crippen LogP contribution is 2.51. The summed E-state index contributed by atoms with van der Waals surface area (Å²) in [5.41, 5.74) is 10.1. The molecule has 0 atom stereocenters. The second-order valence-corrected chi connectivity index (χ2v) is 17.5. The topological polar surface area (TPSA) is 6.48 Å². The Hall–Kier alpha value is -6.46. The van der Waals surface area contributed by atoms with Crippen LogP contribution in [0.15, 0.2) is 170 Å². The summed E-state index contributed by atoms with van der Waals surface area (Å²) in [4.78, 5) is 4.97. The number of thiophene rings is 2. The first-order chi connectivity index (χ1) is 28.8. The zero-order valence-electron chi connectivity index (χ0n) is 31.9. The highest BCUT2D eigenvalue weighted by Gasteiger charge is 2.23. The summed E-state index contributed by atoms with van der Waals surface area (Å²) in [5, 5.41) is 10.7. The van der Waals surface area contributed by atoms with Crippen LogP contribution in [0.2, 0.25) is 0 Å². The van der Waals surface area contributed by atoms with Crippen LogP contribution in [0.3, 0.4) is 0 Å². The van der Waals surface area contributed by atoms with Gasteiger partial charge in [0.05, 0.1) is 9.40 Å². The molecule has 2 aromatic heterocycles. The lowest BCUT2D eigenvalue weighted by Crippen LogP contribution is -2.34. The van der Waals surface area contributed by atoms with Crippen LogP contribution in [0.4, 0.5) is 28.4 Å². The van der Waals surface area contributed by atoms with Crippen molar-refractivity contribution in [2.24, 2.45) is 0 Å². The van der Waals surface area contributed by atoms with Crippen LogP contribution in [0.1, 0.15) is 30.4 Å². The zero-order valence-corrected chi connectivity index (χ0v) is 33.5. The van der Waals surface area contributed by atoms with E-state index in [4.69, 9.17) is 0 Å². The summed E-state index contributed by atoms with van der Waals surface area (Å²) >= 11 is 3.90. The summed E-state index contributed by atoms with van der Waals surface area (Å²) < 4.78 is 5.39. The first-order valence-corrected chi connectivity index (χ1v) is 21.9. The van der Waals surface area contributed by atoms with Crippen molar-refractivity contribution in [2.75, 3.05) is 9.80 Å². The summed E-state index contributed by atoms with van der Waals surface area (Å²) in [7, 11) is 0. The minimum absolute atomic E-state index is 0.997. The van der Waals surface area contributed by atoms with Gasteiger partial charge in [0.25, 0.3) is 0 Å². The second-order valence-electron chi connectivity index (χ2n) is 15.4. The normalized spacial score (nSPS) is 13.6. The van der Waals surface area contributed by atoms with Gasteiger partial charge in [0.15, 0.2) is 0 Å². The molecule has 8 aromatic carbocycles. The molecule has 2 aliphatic carbocycles. The molecule has 2 heterocycles. The van der Waals surface area contributed by atoms with Crippen molar-refractivity contribution in [3.8, 4) is 0 Å². The Morgan fingerprint density at radius 1 is 0.448 bits per heavy atom. The number of allylic oxidation sites excluding steroid dienone is 1. The van der Waals surface area contributed by atoms with Gasteiger partial charge in [-0.1, -0.05) is 127 Å². The molecule has 0 unspecified atom stereocenters. The quantitative estimate of drug-likeness (QED) is 0.166. The lowest BCUT2D eigenvalue weighted by Gasteiger charge is -2.29. The minimum atomic E-state index is 0.997. The molecule has 0 bridgehead atoms. The Morgan fingerprint density at radius 3 is 1.74 bits per heavy atom. The zero-order chi connectivity index (χ0) is 38.2. The SMILES string of the molecule is C1=Cc2cccc(N(c3ccccc3)c3ccc4c(c3)sc3c5sc6cc(N(C7=c8ccccc8=CCC7)c7ccccc7)ccc6c5c5ccccc5c43)c2CC1. The second kappa shape index (κ2) is 13.6. The number of benzene rings is 8. The van der Waals surface area contributed by atoms with E-state index in [1.54, 1.807) is 0 Å². The first kappa shape index (κ1) is 33.7. The summed E-state index contributed by atoms with van der Waals surface area (Å²) in [6.07, 6.45) is 11.1. The number of fused-ring (bicyclic) bond motifs is 12. The number of anilines is 5. The molecule has 0 saturated heterocycles. The van der Waals surface area contributed by atoms with Gasteiger partial charge < -0.3 is 9.80 Å². The van der Waals surface area contributed by atoms with Gasteiger partial charge in [0.1, 0.15) is 0 Å². The molecule has 0 aliphatic heterocycles. The van der Waals surface area contributed by atoms with E-state index in [0.717, 1.165) is 25.7 Å². The van der Waals surface area contributed by atoms with Crippen molar-refractivity contribution in [1.82, 2.24) is 0 Å². The smallest absolute Gasteiger partial charge is 0.0540 e. The summed E-state index contributed by atoms with van der Waals surface area (Å²) in [5.74, 6) is 0. The molecular formula is C54H38N2S2. The van der Waals surface area contributed by atoms with Gasteiger partial charge in [0.2, 0.25) is 0 Å². The van der Waals surface area contributed by atoms with Crippen LogP contribution < -0.4 is 20.2 Å². The molecule has 2 nitrogen and oxygen atoms in total. The monoisotopic (exact) mass is 778 g/mol. The Balaban J connectivity index is 1.08. The third-order valence-corrected chi connectivity index (χ3v) is 14.6. The lowest BCUT2D eigenvalue weighted by atomic mass is 9.94. The molecule has 10 aromatic rings. The fraction of sp³-hybridized carbons (Fsp3) is 0.0741. The van der Waals surface area contributed by atoms with E-state index in [-0.39, 0.29) is 0 Å². The van der Waals surface area contributed by atoms with Gasteiger partial charge in [-0.25, -0.2) is 0 Å². The van der Waals surface area contributed by atoms with Crippen LogP contribution in [0.25, 0.3) is 69.0 Å². The van der Waals surface area contributed by atoms with Gasteiger partial charge >= 0.3 is 0 Å². The molecule has 0 amide bonds. The van der Waals surface area contributed by atoms with Gasteiger partial charge in [-0.05, 0) is 107 Å². The number of hydrogen-bond donors (Lipinski definition) is 0. The van der Waals surface area contributed by atoms with E-state index < -0.39 is 0 Å². The molecule has 276 valence electrons. The number of hydrogen-bond acceptors (Lipinski definition) is 4. The molecule has 2 aliphatic rings.